The molecule has 1 fully saturated rings. The minimum Gasteiger partial charge on any atom is -0.349 e. The summed E-state index contributed by atoms with van der Waals surface area (Å²) in [6.07, 6.45) is -3.56. The molecule has 0 aliphatic carbocycles. The lowest BCUT2D eigenvalue weighted by Gasteiger charge is -2.36. The molecule has 31 heavy (non-hydrogen) atoms. The number of halogens is 3. The van der Waals surface area contributed by atoms with Gasteiger partial charge in [-0.2, -0.15) is 13.2 Å². The van der Waals surface area contributed by atoms with Gasteiger partial charge in [0.1, 0.15) is 5.82 Å². The van der Waals surface area contributed by atoms with Crippen LogP contribution in [0.1, 0.15) is 45.4 Å². The molecule has 1 aromatic heterocycles. The van der Waals surface area contributed by atoms with E-state index in [1.807, 2.05) is 31.3 Å². The number of benzene rings is 2. The number of piperidine rings is 1. The number of amides is 1. The van der Waals surface area contributed by atoms with Gasteiger partial charge in [-0.1, -0.05) is 24.3 Å². The van der Waals surface area contributed by atoms with Crippen LogP contribution in [0, 0.1) is 0 Å². The van der Waals surface area contributed by atoms with E-state index >= 15 is 0 Å². The van der Waals surface area contributed by atoms with E-state index in [0.29, 0.717) is 6.42 Å². The van der Waals surface area contributed by atoms with Crippen LogP contribution in [0.15, 0.2) is 48.5 Å². The maximum atomic E-state index is 12.6. The average molecular weight is 430 g/mol. The summed E-state index contributed by atoms with van der Waals surface area (Å²) in [4.78, 5) is 34.1. The van der Waals surface area contributed by atoms with Gasteiger partial charge in [0, 0.05) is 23.7 Å². The van der Waals surface area contributed by atoms with Crippen LogP contribution in [0.2, 0.25) is 0 Å². The molecule has 1 saturated heterocycles. The molecule has 2 aromatic carbocycles. The van der Waals surface area contributed by atoms with Crippen LogP contribution in [0.3, 0.4) is 0 Å². The number of carbonyl (C=O) groups excluding carboxylic acids is 2. The first-order valence-electron chi connectivity index (χ1n) is 9.89. The van der Waals surface area contributed by atoms with Crippen LogP contribution in [-0.4, -0.2) is 52.4 Å². The number of fused-ring (bicyclic) bond motifs is 1. The van der Waals surface area contributed by atoms with Crippen molar-refractivity contribution in [2.75, 3.05) is 13.6 Å². The normalized spacial score (nSPS) is 20.0. The van der Waals surface area contributed by atoms with Gasteiger partial charge in [0.25, 0.3) is 11.7 Å². The predicted molar refractivity (Wildman–Crippen MR) is 109 cm³/mol. The molecule has 0 unspecified atom stereocenters. The Labute approximate surface area is 176 Å². The molecule has 0 radical (unpaired) electrons. The van der Waals surface area contributed by atoms with E-state index in [0.717, 1.165) is 42.0 Å². The lowest BCUT2D eigenvalue weighted by atomic mass is 9.96. The van der Waals surface area contributed by atoms with Gasteiger partial charge < -0.3 is 10.3 Å². The summed E-state index contributed by atoms with van der Waals surface area (Å²) in [5, 5.41) is 2.95. The van der Waals surface area contributed by atoms with Crippen LogP contribution in [0.4, 0.5) is 13.2 Å². The lowest BCUT2D eigenvalue weighted by Crippen LogP contribution is -2.45. The van der Waals surface area contributed by atoms with Crippen molar-refractivity contribution in [3.63, 3.8) is 0 Å². The number of aromatic amines is 1. The highest BCUT2D eigenvalue weighted by Crippen LogP contribution is 2.29. The molecule has 0 bridgehead atoms. The molecule has 2 atom stereocenters. The quantitative estimate of drug-likeness (QED) is 0.616. The Morgan fingerprint density at radius 1 is 1.10 bits per heavy atom. The van der Waals surface area contributed by atoms with Gasteiger partial charge in [0.2, 0.25) is 0 Å². The van der Waals surface area contributed by atoms with Crippen molar-refractivity contribution < 1.29 is 22.8 Å². The Balaban J connectivity index is 1.44. The number of carbonyl (C=O) groups is 2. The fourth-order valence-corrected chi connectivity index (χ4v) is 3.87. The SMILES string of the molecule is CN1CC[C@@H](NC(=O)c2ccc(C(=O)C(F)(F)F)cc2)C[C@@H]1c1nc2ccccc2[nH]1. The second kappa shape index (κ2) is 8.14. The number of H-pyrrole nitrogens is 1. The Bertz CT molecular complexity index is 1070. The minimum atomic E-state index is -4.94. The zero-order chi connectivity index (χ0) is 22.2. The number of aromatic nitrogens is 2. The molecule has 162 valence electrons. The number of Topliss-reactive ketones (excluding diaryl/α,β-unsaturated/α-hetero) is 1. The van der Waals surface area contributed by atoms with Crippen molar-refractivity contribution in [1.29, 1.82) is 0 Å². The zero-order valence-electron chi connectivity index (χ0n) is 16.7. The standard InChI is InChI=1S/C22H21F3N4O2/c1-29-11-10-15(12-18(29)20-27-16-4-2-3-5-17(16)28-20)26-21(31)14-8-6-13(7-9-14)19(30)22(23,24)25/h2-9,15,18H,10-12H2,1H3,(H,26,31)(H,27,28)/t15-,18-/m1/s1. The summed E-state index contributed by atoms with van der Waals surface area (Å²) in [6, 6.07) is 12.2. The Kier molecular flexibility index (Phi) is 5.53. The Hall–Kier alpha value is -3.20. The maximum absolute atomic E-state index is 12.6. The number of alkyl halides is 3. The van der Waals surface area contributed by atoms with Crippen molar-refractivity contribution in [2.24, 2.45) is 0 Å². The number of likely N-dealkylation sites (tertiary alicyclic amines) is 1. The second-order valence-electron chi connectivity index (χ2n) is 7.73. The summed E-state index contributed by atoms with van der Waals surface area (Å²) >= 11 is 0. The molecule has 2 heterocycles. The van der Waals surface area contributed by atoms with Crippen molar-refractivity contribution in [3.8, 4) is 0 Å². The van der Waals surface area contributed by atoms with Crippen molar-refractivity contribution in [2.45, 2.75) is 31.1 Å². The summed E-state index contributed by atoms with van der Waals surface area (Å²) in [6.45, 7) is 0.756. The number of nitrogens with one attached hydrogen (secondary N) is 2. The molecule has 1 aliphatic rings. The molecule has 0 spiro atoms. The third-order valence-corrected chi connectivity index (χ3v) is 5.60. The van der Waals surface area contributed by atoms with E-state index in [9.17, 15) is 22.8 Å². The van der Waals surface area contributed by atoms with E-state index < -0.39 is 17.5 Å². The van der Waals surface area contributed by atoms with Crippen molar-refractivity contribution in [1.82, 2.24) is 20.2 Å². The number of hydrogen-bond acceptors (Lipinski definition) is 4. The summed E-state index contributed by atoms with van der Waals surface area (Å²) < 4.78 is 37.6. The highest BCUT2D eigenvalue weighted by molar-refractivity contribution is 6.01. The monoisotopic (exact) mass is 430 g/mol. The molecule has 2 N–H and O–H groups in total. The van der Waals surface area contributed by atoms with Gasteiger partial charge >= 0.3 is 6.18 Å². The van der Waals surface area contributed by atoms with Crippen LogP contribution in [0.25, 0.3) is 11.0 Å². The van der Waals surface area contributed by atoms with Gasteiger partial charge in [0.15, 0.2) is 0 Å². The molecule has 3 aromatic rings. The topological polar surface area (TPSA) is 78.1 Å². The third kappa shape index (κ3) is 4.46. The molecule has 0 saturated carbocycles. The lowest BCUT2D eigenvalue weighted by molar-refractivity contribution is -0.0885. The number of hydrogen-bond donors (Lipinski definition) is 2. The van der Waals surface area contributed by atoms with Crippen LogP contribution < -0.4 is 5.32 Å². The zero-order valence-corrected chi connectivity index (χ0v) is 16.7. The van der Waals surface area contributed by atoms with E-state index in [2.05, 4.69) is 20.2 Å². The largest absolute Gasteiger partial charge is 0.454 e. The summed E-state index contributed by atoms with van der Waals surface area (Å²) in [5.74, 6) is -1.48. The number of nitrogens with zero attached hydrogens (tertiary/aromatic N) is 2. The number of imidazole rings is 1. The smallest absolute Gasteiger partial charge is 0.349 e. The predicted octanol–water partition coefficient (Wildman–Crippen LogP) is 3.87. The first kappa shape index (κ1) is 21.0. The molecular formula is C22H21F3N4O2. The van der Waals surface area contributed by atoms with E-state index in [1.165, 1.54) is 12.1 Å². The highest BCUT2D eigenvalue weighted by atomic mass is 19.4. The number of rotatable bonds is 4. The molecular weight excluding hydrogens is 409 g/mol. The molecule has 6 nitrogen and oxygen atoms in total. The molecule has 1 amide bonds. The van der Waals surface area contributed by atoms with E-state index in [-0.39, 0.29) is 23.6 Å². The number of para-hydroxylation sites is 2. The summed E-state index contributed by atoms with van der Waals surface area (Å²) in [7, 11) is 2.01. The van der Waals surface area contributed by atoms with Crippen molar-refractivity contribution in [3.05, 3.63) is 65.5 Å². The van der Waals surface area contributed by atoms with Crippen molar-refractivity contribution >= 4 is 22.7 Å². The fourth-order valence-electron chi connectivity index (χ4n) is 3.87. The number of ketones is 1. The third-order valence-electron chi connectivity index (χ3n) is 5.60. The first-order valence-corrected chi connectivity index (χ1v) is 9.89. The van der Waals surface area contributed by atoms with Gasteiger partial charge in [-0.05, 0) is 44.2 Å². The molecule has 1 aliphatic heterocycles. The first-order chi connectivity index (χ1) is 14.7. The Morgan fingerprint density at radius 2 is 1.77 bits per heavy atom. The average Bonchev–Trinajstić information content (AvgIpc) is 3.18. The second-order valence-corrected chi connectivity index (χ2v) is 7.73. The summed E-state index contributed by atoms with van der Waals surface area (Å²) in [5.41, 5.74) is 1.54. The Morgan fingerprint density at radius 3 is 2.45 bits per heavy atom. The van der Waals surface area contributed by atoms with Gasteiger partial charge in [-0.15, -0.1) is 0 Å². The molecule has 4 rings (SSSR count). The van der Waals surface area contributed by atoms with E-state index in [1.54, 1.807) is 0 Å². The van der Waals surface area contributed by atoms with Gasteiger partial charge in [-0.3, -0.25) is 14.5 Å². The van der Waals surface area contributed by atoms with Crippen LogP contribution >= 0.6 is 0 Å². The van der Waals surface area contributed by atoms with Crippen LogP contribution in [0.5, 0.6) is 0 Å². The van der Waals surface area contributed by atoms with E-state index in [4.69, 9.17) is 0 Å². The molecule has 9 heteroatoms. The fraction of sp³-hybridized carbons (Fsp3) is 0.318. The minimum absolute atomic E-state index is 0.00164. The van der Waals surface area contributed by atoms with Crippen LogP contribution in [-0.2, 0) is 0 Å². The van der Waals surface area contributed by atoms with Gasteiger partial charge in [-0.25, -0.2) is 4.98 Å². The van der Waals surface area contributed by atoms with Gasteiger partial charge in [0.05, 0.1) is 17.1 Å². The highest BCUT2D eigenvalue weighted by Gasteiger charge is 2.39. The maximum Gasteiger partial charge on any atom is 0.454 e.